The molecule has 102 valence electrons. The zero-order valence-electron chi connectivity index (χ0n) is 11.3. The standard InChI is InChI=1S/C15H20N2OS/c1-2-19-15-7-3-6-14(13(15)9-16)17-8-4-5-12(10-17)11-18/h3,6-7,12,18H,2,4-5,8,10-11H2,1H3. The molecule has 1 saturated heterocycles. The highest BCUT2D eigenvalue weighted by molar-refractivity contribution is 7.99. The molecule has 1 N–H and O–H groups in total. The summed E-state index contributed by atoms with van der Waals surface area (Å²) in [6, 6.07) is 8.42. The van der Waals surface area contributed by atoms with Crippen LogP contribution in [0.4, 0.5) is 5.69 Å². The fourth-order valence-electron chi connectivity index (χ4n) is 2.60. The minimum absolute atomic E-state index is 0.238. The van der Waals surface area contributed by atoms with Crippen molar-refractivity contribution in [3.05, 3.63) is 23.8 Å². The Labute approximate surface area is 119 Å². The van der Waals surface area contributed by atoms with Gasteiger partial charge in [-0.15, -0.1) is 11.8 Å². The van der Waals surface area contributed by atoms with Crippen molar-refractivity contribution in [2.45, 2.75) is 24.7 Å². The SMILES string of the molecule is CCSc1cccc(N2CCCC(CO)C2)c1C#N. The summed E-state index contributed by atoms with van der Waals surface area (Å²) in [7, 11) is 0. The number of thioether (sulfide) groups is 1. The lowest BCUT2D eigenvalue weighted by Gasteiger charge is -2.34. The van der Waals surface area contributed by atoms with Crippen LogP contribution in [0.25, 0.3) is 0 Å². The Hall–Kier alpha value is -1.18. The minimum atomic E-state index is 0.238. The van der Waals surface area contributed by atoms with E-state index in [1.807, 2.05) is 18.2 Å². The average Bonchev–Trinajstić information content (AvgIpc) is 2.47. The second kappa shape index (κ2) is 6.83. The third-order valence-corrected chi connectivity index (χ3v) is 4.47. The van der Waals surface area contributed by atoms with Gasteiger partial charge >= 0.3 is 0 Å². The summed E-state index contributed by atoms with van der Waals surface area (Å²) in [6.45, 7) is 4.17. The van der Waals surface area contributed by atoms with Crippen LogP contribution in [0.5, 0.6) is 0 Å². The summed E-state index contributed by atoms with van der Waals surface area (Å²) in [5, 5.41) is 18.8. The Morgan fingerprint density at radius 2 is 2.37 bits per heavy atom. The lowest BCUT2D eigenvalue weighted by molar-refractivity contribution is 0.208. The van der Waals surface area contributed by atoms with Crippen molar-refractivity contribution in [1.29, 1.82) is 5.26 Å². The first kappa shape index (κ1) is 14.2. The highest BCUT2D eigenvalue weighted by atomic mass is 32.2. The number of benzene rings is 1. The van der Waals surface area contributed by atoms with Gasteiger partial charge in [0.2, 0.25) is 0 Å². The van der Waals surface area contributed by atoms with Gasteiger partial charge in [0.15, 0.2) is 0 Å². The molecule has 1 atom stereocenters. The molecule has 1 aliphatic heterocycles. The molecular weight excluding hydrogens is 256 g/mol. The fourth-order valence-corrected chi connectivity index (χ4v) is 3.38. The van der Waals surface area contributed by atoms with E-state index in [1.54, 1.807) is 11.8 Å². The smallest absolute Gasteiger partial charge is 0.103 e. The van der Waals surface area contributed by atoms with Gasteiger partial charge in [0, 0.05) is 24.6 Å². The summed E-state index contributed by atoms with van der Waals surface area (Å²) in [6.07, 6.45) is 2.17. The van der Waals surface area contributed by atoms with E-state index < -0.39 is 0 Å². The largest absolute Gasteiger partial charge is 0.396 e. The molecule has 2 rings (SSSR count). The Morgan fingerprint density at radius 3 is 3.05 bits per heavy atom. The topological polar surface area (TPSA) is 47.3 Å². The third-order valence-electron chi connectivity index (χ3n) is 3.53. The Bertz CT molecular complexity index is 470. The van der Waals surface area contributed by atoms with Gasteiger partial charge in [-0.1, -0.05) is 13.0 Å². The van der Waals surface area contributed by atoms with Crippen LogP contribution in [0.3, 0.4) is 0 Å². The van der Waals surface area contributed by atoms with E-state index in [4.69, 9.17) is 0 Å². The molecular formula is C15H20N2OS. The summed E-state index contributed by atoms with van der Waals surface area (Å²) < 4.78 is 0. The van der Waals surface area contributed by atoms with E-state index in [2.05, 4.69) is 17.9 Å². The van der Waals surface area contributed by atoms with Crippen LogP contribution in [-0.2, 0) is 0 Å². The summed E-state index contributed by atoms with van der Waals surface area (Å²) in [4.78, 5) is 3.32. The van der Waals surface area contributed by atoms with Gasteiger partial charge in [-0.3, -0.25) is 0 Å². The van der Waals surface area contributed by atoms with Crippen LogP contribution < -0.4 is 4.90 Å². The van der Waals surface area contributed by atoms with Crippen LogP contribution in [0, 0.1) is 17.2 Å². The van der Waals surface area contributed by atoms with E-state index >= 15 is 0 Å². The molecule has 0 amide bonds. The van der Waals surface area contributed by atoms with Crippen molar-refractivity contribution in [3.8, 4) is 6.07 Å². The highest BCUT2D eigenvalue weighted by Gasteiger charge is 2.22. The number of aliphatic hydroxyl groups excluding tert-OH is 1. The number of nitriles is 1. The molecule has 4 heteroatoms. The van der Waals surface area contributed by atoms with Crippen LogP contribution in [0.2, 0.25) is 0 Å². The van der Waals surface area contributed by atoms with Gasteiger partial charge in [0.1, 0.15) is 6.07 Å². The molecule has 0 spiro atoms. The van der Waals surface area contributed by atoms with Gasteiger partial charge in [-0.25, -0.2) is 0 Å². The molecule has 0 aliphatic carbocycles. The number of piperidine rings is 1. The van der Waals surface area contributed by atoms with Crippen molar-refractivity contribution in [2.24, 2.45) is 5.92 Å². The predicted octanol–water partition coefficient (Wildman–Crippen LogP) is 2.88. The maximum Gasteiger partial charge on any atom is 0.103 e. The zero-order chi connectivity index (χ0) is 13.7. The molecule has 1 heterocycles. The minimum Gasteiger partial charge on any atom is -0.396 e. The third kappa shape index (κ3) is 3.23. The van der Waals surface area contributed by atoms with Gasteiger partial charge < -0.3 is 10.0 Å². The van der Waals surface area contributed by atoms with Crippen molar-refractivity contribution < 1.29 is 5.11 Å². The molecule has 1 unspecified atom stereocenters. The number of anilines is 1. The lowest BCUT2D eigenvalue weighted by atomic mass is 9.98. The van der Waals surface area contributed by atoms with Crippen LogP contribution in [-0.4, -0.2) is 30.6 Å². The predicted molar refractivity (Wildman–Crippen MR) is 79.6 cm³/mol. The quantitative estimate of drug-likeness (QED) is 0.859. The van der Waals surface area contributed by atoms with Gasteiger partial charge in [-0.05, 0) is 36.6 Å². The normalized spacial score (nSPS) is 19.2. The van der Waals surface area contributed by atoms with Gasteiger partial charge in [-0.2, -0.15) is 5.26 Å². The van der Waals surface area contributed by atoms with Crippen LogP contribution in [0.15, 0.2) is 23.1 Å². The molecule has 0 saturated carbocycles. The molecule has 1 aromatic carbocycles. The summed E-state index contributed by atoms with van der Waals surface area (Å²) in [5.74, 6) is 1.31. The molecule has 0 radical (unpaired) electrons. The molecule has 1 aromatic rings. The Balaban J connectivity index is 2.28. The Morgan fingerprint density at radius 1 is 1.53 bits per heavy atom. The summed E-state index contributed by atoms with van der Waals surface area (Å²) >= 11 is 1.71. The molecule has 1 aliphatic rings. The first-order chi connectivity index (χ1) is 9.30. The van der Waals surface area contributed by atoms with E-state index in [1.165, 1.54) is 0 Å². The van der Waals surface area contributed by atoms with E-state index in [9.17, 15) is 10.4 Å². The van der Waals surface area contributed by atoms with Crippen molar-refractivity contribution in [1.82, 2.24) is 0 Å². The second-order valence-electron chi connectivity index (χ2n) is 4.83. The first-order valence-electron chi connectivity index (χ1n) is 6.81. The van der Waals surface area contributed by atoms with Gasteiger partial charge in [0.05, 0.1) is 11.3 Å². The highest BCUT2D eigenvalue weighted by Crippen LogP contribution is 2.32. The second-order valence-corrected chi connectivity index (χ2v) is 6.14. The number of nitrogens with zero attached hydrogens (tertiary/aromatic N) is 2. The first-order valence-corrected chi connectivity index (χ1v) is 7.80. The van der Waals surface area contributed by atoms with Crippen molar-refractivity contribution in [2.75, 3.05) is 30.3 Å². The number of hydrogen-bond acceptors (Lipinski definition) is 4. The number of aliphatic hydroxyl groups is 1. The number of rotatable bonds is 4. The monoisotopic (exact) mass is 276 g/mol. The number of hydrogen-bond donors (Lipinski definition) is 1. The maximum absolute atomic E-state index is 9.44. The molecule has 0 bridgehead atoms. The van der Waals surface area contributed by atoms with E-state index in [-0.39, 0.29) is 6.61 Å². The van der Waals surface area contributed by atoms with Crippen LogP contribution >= 0.6 is 11.8 Å². The van der Waals surface area contributed by atoms with E-state index in [0.29, 0.717) is 5.92 Å². The maximum atomic E-state index is 9.44. The molecule has 19 heavy (non-hydrogen) atoms. The van der Waals surface area contributed by atoms with E-state index in [0.717, 1.165) is 47.8 Å². The van der Waals surface area contributed by atoms with Crippen molar-refractivity contribution in [3.63, 3.8) is 0 Å². The zero-order valence-corrected chi connectivity index (χ0v) is 12.1. The molecule has 0 aromatic heterocycles. The van der Waals surface area contributed by atoms with Crippen LogP contribution in [0.1, 0.15) is 25.3 Å². The average molecular weight is 276 g/mol. The lowest BCUT2D eigenvalue weighted by Crippen LogP contribution is -2.37. The molecule has 3 nitrogen and oxygen atoms in total. The Kier molecular flexibility index (Phi) is 5.12. The van der Waals surface area contributed by atoms with Gasteiger partial charge in [0.25, 0.3) is 0 Å². The fraction of sp³-hybridized carbons (Fsp3) is 0.533. The van der Waals surface area contributed by atoms with Crippen molar-refractivity contribution >= 4 is 17.4 Å². The molecule has 1 fully saturated rings. The summed E-state index contributed by atoms with van der Waals surface area (Å²) in [5.41, 5.74) is 1.81.